The van der Waals surface area contributed by atoms with Gasteiger partial charge in [-0.15, -0.1) is 0 Å². The second-order valence-electron chi connectivity index (χ2n) is 8.71. The highest BCUT2D eigenvalue weighted by Gasteiger charge is 2.73. The van der Waals surface area contributed by atoms with Crippen molar-refractivity contribution in [1.82, 2.24) is 0 Å². The average molecular weight is 333 g/mol. The van der Waals surface area contributed by atoms with Crippen LogP contribution in [0.2, 0.25) is 0 Å². The Kier molecular flexibility index (Phi) is 2.96. The van der Waals surface area contributed by atoms with Gasteiger partial charge in [-0.25, -0.2) is 0 Å². The van der Waals surface area contributed by atoms with Crippen LogP contribution in [0.3, 0.4) is 0 Å². The average Bonchev–Trinajstić information content (AvgIpc) is 3.03. The first-order chi connectivity index (χ1) is 12.0. The lowest BCUT2D eigenvalue weighted by atomic mass is 9.51. The second kappa shape index (κ2) is 4.83. The van der Waals surface area contributed by atoms with Crippen molar-refractivity contribution < 1.29 is 9.53 Å². The largest absolute Gasteiger partial charge is 0.366 e. The first-order valence-electron chi connectivity index (χ1n) is 9.38. The first-order valence-corrected chi connectivity index (χ1v) is 9.38. The summed E-state index contributed by atoms with van der Waals surface area (Å²) in [7, 11) is 0. The van der Waals surface area contributed by atoms with Gasteiger partial charge in [0.1, 0.15) is 0 Å². The minimum Gasteiger partial charge on any atom is -0.366 e. The van der Waals surface area contributed by atoms with Crippen molar-refractivity contribution in [2.45, 2.75) is 50.7 Å². The van der Waals surface area contributed by atoms with E-state index in [0.29, 0.717) is 18.8 Å². The lowest BCUT2D eigenvalue weighted by molar-refractivity contribution is -0.175. The van der Waals surface area contributed by atoms with Crippen molar-refractivity contribution in [2.24, 2.45) is 22.7 Å². The van der Waals surface area contributed by atoms with Gasteiger partial charge in [0.2, 0.25) is 0 Å². The van der Waals surface area contributed by atoms with Gasteiger partial charge in [0.25, 0.3) is 0 Å². The molecule has 2 aliphatic heterocycles. The predicted octanol–water partition coefficient (Wildman–Crippen LogP) is 4.15. The smallest absolute Gasteiger partial charge is 0.161 e. The summed E-state index contributed by atoms with van der Waals surface area (Å²) in [4.78, 5) is 12.8. The molecule has 2 heterocycles. The highest BCUT2D eigenvalue weighted by molar-refractivity contribution is 5.96. The van der Waals surface area contributed by atoms with Gasteiger partial charge in [0, 0.05) is 17.8 Å². The number of ketones is 1. The fourth-order valence-corrected chi connectivity index (χ4v) is 6.73. The molecule has 6 unspecified atom stereocenters. The standard InChI is InChI=1S/C22H23NO2/c1-20(9-5-11-23)18(24)8-10-21-13-16-12-17(19(20)21)25-22(16,14-21)15-6-3-2-4-7-15/h2-4,6-8,10,16-17,19H,5,9,12-14H2,1H3. The maximum absolute atomic E-state index is 12.8. The zero-order chi connectivity index (χ0) is 17.3. The molecule has 0 aromatic heterocycles. The number of carbonyl (C=O) groups excluding carboxylic acids is 1. The Morgan fingerprint density at radius 2 is 2.12 bits per heavy atom. The predicted molar refractivity (Wildman–Crippen MR) is 93.4 cm³/mol. The summed E-state index contributed by atoms with van der Waals surface area (Å²) in [5.74, 6) is 0.931. The van der Waals surface area contributed by atoms with Crippen LogP contribution in [0, 0.1) is 34.0 Å². The van der Waals surface area contributed by atoms with Gasteiger partial charge in [0.15, 0.2) is 5.78 Å². The molecule has 3 nitrogen and oxygen atoms in total. The molecule has 0 radical (unpaired) electrons. The maximum atomic E-state index is 12.8. The van der Waals surface area contributed by atoms with E-state index in [2.05, 4.69) is 49.4 Å². The van der Waals surface area contributed by atoms with Gasteiger partial charge < -0.3 is 4.74 Å². The van der Waals surface area contributed by atoms with E-state index in [4.69, 9.17) is 10.00 Å². The minimum absolute atomic E-state index is 0.0553. The van der Waals surface area contributed by atoms with E-state index in [0.717, 1.165) is 19.3 Å². The van der Waals surface area contributed by atoms with E-state index in [1.807, 2.05) is 6.08 Å². The summed E-state index contributed by atoms with van der Waals surface area (Å²) in [5.41, 5.74) is 0.706. The summed E-state index contributed by atoms with van der Waals surface area (Å²) in [6, 6.07) is 12.9. The number of carbonyl (C=O) groups is 1. The number of allylic oxidation sites excluding steroid dienone is 2. The van der Waals surface area contributed by atoms with Crippen LogP contribution in [-0.2, 0) is 15.1 Å². The molecule has 6 rings (SSSR count). The molecule has 2 saturated carbocycles. The van der Waals surface area contributed by atoms with Gasteiger partial charge >= 0.3 is 0 Å². The fourth-order valence-electron chi connectivity index (χ4n) is 6.73. The summed E-state index contributed by atoms with van der Waals surface area (Å²) >= 11 is 0. The molecule has 2 saturated heterocycles. The number of hydrogen-bond donors (Lipinski definition) is 0. The molecule has 3 heteroatoms. The normalized spacial score (nSPS) is 46.2. The number of hydrogen-bond acceptors (Lipinski definition) is 3. The van der Waals surface area contributed by atoms with Crippen LogP contribution < -0.4 is 0 Å². The van der Waals surface area contributed by atoms with Gasteiger partial charge in [0.05, 0.1) is 17.8 Å². The van der Waals surface area contributed by atoms with Crippen LogP contribution in [-0.4, -0.2) is 11.9 Å². The number of rotatable bonds is 3. The third-order valence-corrected chi connectivity index (χ3v) is 7.58. The van der Waals surface area contributed by atoms with Crippen LogP contribution in [0.4, 0.5) is 0 Å². The lowest BCUT2D eigenvalue weighted by Crippen LogP contribution is -2.56. The van der Waals surface area contributed by atoms with Crippen molar-refractivity contribution in [2.75, 3.05) is 0 Å². The number of nitriles is 1. The number of nitrogens with zero attached hydrogens (tertiary/aromatic N) is 1. The summed E-state index contributed by atoms with van der Waals surface area (Å²) in [6.45, 7) is 2.08. The molecule has 128 valence electrons. The third-order valence-electron chi connectivity index (χ3n) is 7.58. The lowest BCUT2D eigenvalue weighted by Gasteiger charge is -2.55. The van der Waals surface area contributed by atoms with Gasteiger partial charge in [-0.1, -0.05) is 43.3 Å². The van der Waals surface area contributed by atoms with Gasteiger partial charge in [-0.3, -0.25) is 4.79 Å². The highest BCUT2D eigenvalue weighted by atomic mass is 16.5. The highest BCUT2D eigenvalue weighted by Crippen LogP contribution is 2.74. The van der Waals surface area contributed by atoms with Crippen molar-refractivity contribution in [3.63, 3.8) is 0 Å². The number of benzene rings is 1. The van der Waals surface area contributed by atoms with E-state index in [-0.39, 0.29) is 28.8 Å². The van der Waals surface area contributed by atoms with E-state index in [1.54, 1.807) is 0 Å². The van der Waals surface area contributed by atoms with Crippen LogP contribution >= 0.6 is 0 Å². The summed E-state index contributed by atoms with van der Waals surface area (Å²) in [6.07, 6.45) is 8.36. The van der Waals surface area contributed by atoms with Crippen LogP contribution in [0.5, 0.6) is 0 Å². The third kappa shape index (κ3) is 1.76. The van der Waals surface area contributed by atoms with E-state index in [9.17, 15) is 4.79 Å². The van der Waals surface area contributed by atoms with Crippen molar-refractivity contribution in [1.29, 1.82) is 5.26 Å². The molecular weight excluding hydrogens is 310 g/mol. The molecule has 1 spiro atoms. The molecular formula is C22H23NO2. The monoisotopic (exact) mass is 333 g/mol. The molecule has 1 aromatic rings. The molecule has 4 fully saturated rings. The van der Waals surface area contributed by atoms with Crippen LogP contribution in [0.25, 0.3) is 0 Å². The molecule has 3 aliphatic carbocycles. The maximum Gasteiger partial charge on any atom is 0.161 e. The molecule has 0 amide bonds. The Labute approximate surface area is 148 Å². The first kappa shape index (κ1) is 15.3. The second-order valence-corrected chi connectivity index (χ2v) is 8.71. The van der Waals surface area contributed by atoms with Gasteiger partial charge in [-0.2, -0.15) is 5.26 Å². The van der Waals surface area contributed by atoms with Gasteiger partial charge in [-0.05, 0) is 48.7 Å². The van der Waals surface area contributed by atoms with E-state index < -0.39 is 5.41 Å². The van der Waals surface area contributed by atoms with Crippen molar-refractivity contribution >= 4 is 5.78 Å². The Morgan fingerprint density at radius 3 is 2.88 bits per heavy atom. The molecule has 25 heavy (non-hydrogen) atoms. The van der Waals surface area contributed by atoms with Crippen molar-refractivity contribution in [3.05, 3.63) is 48.0 Å². The van der Waals surface area contributed by atoms with Crippen molar-refractivity contribution in [3.8, 4) is 6.07 Å². The molecule has 6 atom stereocenters. The molecule has 0 N–H and O–H groups in total. The zero-order valence-corrected chi connectivity index (χ0v) is 14.6. The quantitative estimate of drug-likeness (QED) is 0.835. The summed E-state index contributed by atoms with van der Waals surface area (Å²) < 4.78 is 6.74. The Balaban J connectivity index is 1.60. The minimum atomic E-state index is -0.465. The zero-order valence-electron chi connectivity index (χ0n) is 14.6. The summed E-state index contributed by atoms with van der Waals surface area (Å²) in [5, 5.41) is 9.08. The van der Waals surface area contributed by atoms with E-state index >= 15 is 0 Å². The Bertz CT molecular complexity index is 809. The topological polar surface area (TPSA) is 50.1 Å². The molecule has 5 aliphatic rings. The number of ether oxygens (including phenoxy) is 1. The van der Waals surface area contributed by atoms with Crippen LogP contribution in [0.15, 0.2) is 42.5 Å². The van der Waals surface area contributed by atoms with Crippen LogP contribution in [0.1, 0.15) is 44.6 Å². The SMILES string of the molecule is CC1(CCC#N)C(=O)C=CC23CC4CC(OC4(c4ccccc4)C2)C31. The fraction of sp³-hybridized carbons (Fsp3) is 0.545. The molecule has 1 aromatic carbocycles. The Hall–Kier alpha value is -1.92. The van der Waals surface area contributed by atoms with E-state index in [1.165, 1.54) is 5.56 Å². The molecule has 4 bridgehead atoms. The Morgan fingerprint density at radius 1 is 1.32 bits per heavy atom.